The van der Waals surface area contributed by atoms with Crippen molar-refractivity contribution in [2.75, 3.05) is 0 Å². The molecule has 2 aromatic rings. The van der Waals surface area contributed by atoms with E-state index in [9.17, 15) is 9.59 Å². The number of nitrogens with zero attached hydrogens (tertiary/aromatic N) is 2. The molecule has 1 heterocycles. The molecule has 1 aromatic heterocycles. The van der Waals surface area contributed by atoms with Gasteiger partial charge in [0.2, 0.25) is 5.78 Å². The van der Waals surface area contributed by atoms with E-state index in [-0.39, 0.29) is 18.0 Å². The van der Waals surface area contributed by atoms with Crippen molar-refractivity contribution in [1.29, 1.82) is 0 Å². The van der Waals surface area contributed by atoms with Crippen LogP contribution in [0.1, 0.15) is 30.4 Å². The number of Topliss-reactive ketones (excluding diaryl/α,β-unsaturated/α-hetero) is 2. The van der Waals surface area contributed by atoms with Crippen LogP contribution in [0.15, 0.2) is 24.3 Å². The highest BCUT2D eigenvalue weighted by Crippen LogP contribution is 2.15. The minimum absolute atomic E-state index is 0.0537. The van der Waals surface area contributed by atoms with E-state index in [2.05, 4.69) is 4.98 Å². The number of rotatable bonds is 4. The second kappa shape index (κ2) is 4.49. The minimum atomic E-state index is -0.212. The van der Waals surface area contributed by atoms with Gasteiger partial charge in [0.25, 0.3) is 0 Å². The molecule has 4 nitrogen and oxygen atoms in total. The molecular weight excluding hydrogens is 216 g/mol. The van der Waals surface area contributed by atoms with Crippen LogP contribution in [0.2, 0.25) is 0 Å². The van der Waals surface area contributed by atoms with Crippen molar-refractivity contribution in [3.05, 3.63) is 30.1 Å². The Labute approximate surface area is 99.3 Å². The molecule has 0 unspecified atom stereocenters. The van der Waals surface area contributed by atoms with Crippen LogP contribution in [-0.4, -0.2) is 21.1 Å². The van der Waals surface area contributed by atoms with Gasteiger partial charge < -0.3 is 4.57 Å². The highest BCUT2D eigenvalue weighted by atomic mass is 16.1. The number of aromatic nitrogens is 2. The first-order valence-corrected chi connectivity index (χ1v) is 5.60. The molecular formula is C13H14N2O2. The molecule has 0 saturated carbocycles. The Kier molecular flexibility index (Phi) is 3.04. The SMILES string of the molecule is CCC(=O)CC(=O)c1nc2ccccc2n1C. The summed E-state index contributed by atoms with van der Waals surface area (Å²) in [4.78, 5) is 27.4. The number of carbonyl (C=O) groups is 2. The van der Waals surface area contributed by atoms with E-state index >= 15 is 0 Å². The van der Waals surface area contributed by atoms with Crippen LogP contribution < -0.4 is 0 Å². The van der Waals surface area contributed by atoms with E-state index < -0.39 is 0 Å². The van der Waals surface area contributed by atoms with Gasteiger partial charge in [0.05, 0.1) is 17.5 Å². The van der Waals surface area contributed by atoms with E-state index in [4.69, 9.17) is 0 Å². The first-order valence-electron chi connectivity index (χ1n) is 5.60. The van der Waals surface area contributed by atoms with Crippen molar-refractivity contribution < 1.29 is 9.59 Å². The average Bonchev–Trinajstić information content (AvgIpc) is 2.67. The molecule has 17 heavy (non-hydrogen) atoms. The second-order valence-electron chi connectivity index (χ2n) is 3.98. The summed E-state index contributed by atoms with van der Waals surface area (Å²) >= 11 is 0. The molecule has 0 bridgehead atoms. The molecule has 0 saturated heterocycles. The van der Waals surface area contributed by atoms with Crippen molar-refractivity contribution in [1.82, 2.24) is 9.55 Å². The van der Waals surface area contributed by atoms with Crippen LogP contribution in [0.4, 0.5) is 0 Å². The molecule has 1 aromatic carbocycles. The van der Waals surface area contributed by atoms with Gasteiger partial charge in [-0.05, 0) is 12.1 Å². The third kappa shape index (κ3) is 2.11. The number of fused-ring (bicyclic) bond motifs is 1. The zero-order valence-electron chi connectivity index (χ0n) is 9.93. The van der Waals surface area contributed by atoms with Crippen LogP contribution in [0, 0.1) is 0 Å². The summed E-state index contributed by atoms with van der Waals surface area (Å²) in [6, 6.07) is 7.53. The third-order valence-electron chi connectivity index (χ3n) is 2.79. The number of carbonyl (C=O) groups excluding carboxylic acids is 2. The van der Waals surface area contributed by atoms with Crippen LogP contribution in [-0.2, 0) is 11.8 Å². The Hall–Kier alpha value is -1.97. The normalized spacial score (nSPS) is 10.7. The standard InChI is InChI=1S/C13H14N2O2/c1-3-9(16)8-12(17)13-14-10-6-4-5-7-11(10)15(13)2/h4-7H,3,8H2,1-2H3. The molecule has 2 rings (SSSR count). The lowest BCUT2D eigenvalue weighted by molar-refractivity contribution is -0.117. The lowest BCUT2D eigenvalue weighted by atomic mass is 10.1. The fourth-order valence-electron chi connectivity index (χ4n) is 1.78. The Morgan fingerprint density at radius 1 is 1.29 bits per heavy atom. The zero-order valence-corrected chi connectivity index (χ0v) is 9.93. The van der Waals surface area contributed by atoms with E-state index in [1.807, 2.05) is 24.3 Å². The van der Waals surface area contributed by atoms with Crippen molar-refractivity contribution in [2.45, 2.75) is 19.8 Å². The number of imidazole rings is 1. The van der Waals surface area contributed by atoms with Crippen molar-refractivity contribution in [3.8, 4) is 0 Å². The predicted octanol–water partition coefficient (Wildman–Crippen LogP) is 2.13. The lowest BCUT2D eigenvalue weighted by Gasteiger charge is -2.00. The summed E-state index contributed by atoms with van der Waals surface area (Å²) in [6.45, 7) is 1.75. The molecule has 0 amide bonds. The van der Waals surface area contributed by atoms with E-state index in [0.717, 1.165) is 11.0 Å². The van der Waals surface area contributed by atoms with Crippen LogP contribution in [0.5, 0.6) is 0 Å². The quantitative estimate of drug-likeness (QED) is 0.597. The van der Waals surface area contributed by atoms with Gasteiger partial charge >= 0.3 is 0 Å². The Balaban J connectivity index is 2.39. The fraction of sp³-hybridized carbons (Fsp3) is 0.308. The fourth-order valence-corrected chi connectivity index (χ4v) is 1.78. The molecule has 88 valence electrons. The molecule has 0 radical (unpaired) electrons. The molecule has 0 aliphatic rings. The molecule has 0 aliphatic carbocycles. The maximum absolute atomic E-state index is 11.9. The van der Waals surface area contributed by atoms with Gasteiger partial charge in [0.1, 0.15) is 5.78 Å². The topological polar surface area (TPSA) is 52.0 Å². The molecule has 0 N–H and O–H groups in total. The van der Waals surface area contributed by atoms with Gasteiger partial charge in [0, 0.05) is 13.5 Å². The molecule has 0 fully saturated rings. The van der Waals surface area contributed by atoms with Gasteiger partial charge in [-0.25, -0.2) is 4.98 Å². The minimum Gasteiger partial charge on any atom is -0.325 e. The maximum atomic E-state index is 11.9. The second-order valence-corrected chi connectivity index (χ2v) is 3.98. The van der Waals surface area contributed by atoms with Crippen LogP contribution in [0.25, 0.3) is 11.0 Å². The number of aryl methyl sites for hydroxylation is 1. The number of para-hydroxylation sites is 2. The predicted molar refractivity (Wildman–Crippen MR) is 65.0 cm³/mol. The zero-order chi connectivity index (χ0) is 12.4. The largest absolute Gasteiger partial charge is 0.325 e. The van der Waals surface area contributed by atoms with Crippen molar-refractivity contribution in [3.63, 3.8) is 0 Å². The highest BCUT2D eigenvalue weighted by Gasteiger charge is 2.17. The van der Waals surface area contributed by atoms with Crippen molar-refractivity contribution in [2.24, 2.45) is 7.05 Å². The number of ketones is 2. The van der Waals surface area contributed by atoms with Gasteiger partial charge in [0.15, 0.2) is 5.82 Å². The Morgan fingerprint density at radius 2 is 2.00 bits per heavy atom. The van der Waals surface area contributed by atoms with Crippen LogP contribution >= 0.6 is 0 Å². The first kappa shape index (κ1) is 11.5. The summed E-state index contributed by atoms with van der Waals surface area (Å²) in [6.07, 6.45) is 0.323. The van der Waals surface area contributed by atoms with Gasteiger partial charge in [-0.1, -0.05) is 19.1 Å². The van der Waals surface area contributed by atoms with Gasteiger partial charge in [-0.15, -0.1) is 0 Å². The summed E-state index contributed by atoms with van der Waals surface area (Å²) in [5.41, 5.74) is 1.68. The Bertz CT molecular complexity index is 584. The maximum Gasteiger partial charge on any atom is 0.205 e. The van der Waals surface area contributed by atoms with Crippen molar-refractivity contribution >= 4 is 22.6 Å². The third-order valence-corrected chi connectivity index (χ3v) is 2.79. The number of hydrogen-bond donors (Lipinski definition) is 0. The van der Waals surface area contributed by atoms with Gasteiger partial charge in [-0.3, -0.25) is 9.59 Å². The summed E-state index contributed by atoms with van der Waals surface area (Å²) in [7, 11) is 1.79. The summed E-state index contributed by atoms with van der Waals surface area (Å²) in [5, 5.41) is 0. The number of hydrogen-bond acceptors (Lipinski definition) is 3. The van der Waals surface area contributed by atoms with Crippen LogP contribution in [0.3, 0.4) is 0 Å². The average molecular weight is 230 g/mol. The van der Waals surface area contributed by atoms with Gasteiger partial charge in [-0.2, -0.15) is 0 Å². The molecule has 0 atom stereocenters. The van der Waals surface area contributed by atoms with E-state index in [1.165, 1.54) is 0 Å². The monoisotopic (exact) mass is 230 g/mol. The summed E-state index contributed by atoms with van der Waals surface area (Å²) in [5.74, 6) is 0.0885. The molecule has 0 aliphatic heterocycles. The van der Waals surface area contributed by atoms with E-state index in [0.29, 0.717) is 12.2 Å². The Morgan fingerprint density at radius 3 is 2.65 bits per heavy atom. The summed E-state index contributed by atoms with van der Waals surface area (Å²) < 4.78 is 1.74. The molecule has 4 heteroatoms. The smallest absolute Gasteiger partial charge is 0.205 e. The lowest BCUT2D eigenvalue weighted by Crippen LogP contribution is -2.12. The molecule has 0 spiro atoms. The van der Waals surface area contributed by atoms with E-state index in [1.54, 1.807) is 18.5 Å². The number of benzene rings is 1. The first-order chi connectivity index (χ1) is 8.13. The highest BCUT2D eigenvalue weighted by molar-refractivity contribution is 6.07.